The molecule has 1 aromatic rings. The number of hydrogen-bond acceptors (Lipinski definition) is 3. The van der Waals surface area contributed by atoms with Gasteiger partial charge in [0.1, 0.15) is 5.75 Å². The molecule has 4 heteroatoms. The summed E-state index contributed by atoms with van der Waals surface area (Å²) in [4.78, 5) is 2.52. The van der Waals surface area contributed by atoms with Crippen molar-refractivity contribution in [3.63, 3.8) is 0 Å². The van der Waals surface area contributed by atoms with Crippen molar-refractivity contribution in [2.45, 2.75) is 59.5 Å². The van der Waals surface area contributed by atoms with E-state index in [0.717, 1.165) is 30.8 Å². The van der Waals surface area contributed by atoms with Gasteiger partial charge in [-0.1, -0.05) is 32.9 Å². The molecule has 1 aliphatic rings. The van der Waals surface area contributed by atoms with Crippen LogP contribution in [0.1, 0.15) is 53.9 Å². The van der Waals surface area contributed by atoms with Gasteiger partial charge in [-0.15, -0.1) is 0 Å². The minimum Gasteiger partial charge on any atom is -0.494 e. The molecule has 1 aliphatic heterocycles. The smallest absolute Gasteiger partial charge is 0.330 e. The lowest BCUT2D eigenvalue weighted by molar-refractivity contribution is 0.00503. The summed E-state index contributed by atoms with van der Waals surface area (Å²) in [5, 5.41) is 0. The summed E-state index contributed by atoms with van der Waals surface area (Å²) in [7, 11) is 1.85. The van der Waals surface area contributed by atoms with E-state index in [1.54, 1.807) is 0 Å². The van der Waals surface area contributed by atoms with E-state index in [2.05, 4.69) is 51.7 Å². The van der Waals surface area contributed by atoms with Crippen LogP contribution in [0.3, 0.4) is 0 Å². The molecule has 1 aromatic carbocycles. The summed E-state index contributed by atoms with van der Waals surface area (Å²) >= 11 is 0. The third-order valence-electron chi connectivity index (χ3n) is 5.24. The van der Waals surface area contributed by atoms with Crippen molar-refractivity contribution in [1.29, 1.82) is 0 Å². The molecule has 0 atom stereocenters. The van der Waals surface area contributed by atoms with Crippen molar-refractivity contribution in [3.05, 3.63) is 24.3 Å². The molecule has 0 spiro atoms. The van der Waals surface area contributed by atoms with Crippen LogP contribution in [0.25, 0.3) is 0 Å². The SMILES string of the molecule is CC(C)(C)C(C)(C)O[B]c1cccc(OCCCN2CCCC2)c1. The van der Waals surface area contributed by atoms with Gasteiger partial charge in [0.2, 0.25) is 0 Å². The Morgan fingerprint density at radius 3 is 2.46 bits per heavy atom. The second-order valence-electron chi connectivity index (χ2n) is 8.32. The van der Waals surface area contributed by atoms with Gasteiger partial charge < -0.3 is 14.3 Å². The Kier molecular flexibility index (Phi) is 6.76. The minimum absolute atomic E-state index is 0.0766. The minimum atomic E-state index is -0.223. The molecule has 1 fully saturated rings. The molecule has 3 nitrogen and oxygen atoms in total. The lowest BCUT2D eigenvalue weighted by Gasteiger charge is -2.39. The molecule has 0 N–H and O–H groups in total. The third kappa shape index (κ3) is 5.82. The van der Waals surface area contributed by atoms with Crippen molar-refractivity contribution in [1.82, 2.24) is 4.90 Å². The fourth-order valence-electron chi connectivity index (χ4n) is 2.55. The second kappa shape index (κ2) is 8.40. The number of hydrogen-bond donors (Lipinski definition) is 0. The lowest BCUT2D eigenvalue weighted by Crippen LogP contribution is -2.42. The monoisotopic (exact) mass is 330 g/mol. The van der Waals surface area contributed by atoms with Crippen LogP contribution in [0, 0.1) is 5.41 Å². The van der Waals surface area contributed by atoms with Crippen molar-refractivity contribution in [3.8, 4) is 5.75 Å². The van der Waals surface area contributed by atoms with E-state index < -0.39 is 0 Å². The highest BCUT2D eigenvalue weighted by molar-refractivity contribution is 6.47. The Bertz CT molecular complexity index is 505. The third-order valence-corrected chi connectivity index (χ3v) is 5.24. The predicted octanol–water partition coefficient (Wildman–Crippen LogP) is 3.64. The maximum Gasteiger partial charge on any atom is 0.330 e. The van der Waals surface area contributed by atoms with Crippen LogP contribution < -0.4 is 10.2 Å². The molecule has 0 aromatic heterocycles. The molecule has 0 amide bonds. The van der Waals surface area contributed by atoms with Crippen LogP contribution in [0.5, 0.6) is 5.75 Å². The van der Waals surface area contributed by atoms with Crippen molar-refractivity contribution in [2.24, 2.45) is 5.41 Å². The Balaban J connectivity index is 1.76. The molecule has 2 rings (SSSR count). The molecule has 133 valence electrons. The molecule has 0 saturated carbocycles. The normalized spacial score (nSPS) is 16.4. The number of ether oxygens (including phenoxy) is 1. The van der Waals surface area contributed by atoms with Crippen LogP contribution >= 0.6 is 0 Å². The average molecular weight is 330 g/mol. The van der Waals surface area contributed by atoms with Gasteiger partial charge in [-0.05, 0) is 69.2 Å². The van der Waals surface area contributed by atoms with Crippen molar-refractivity contribution in [2.75, 3.05) is 26.2 Å². The molecule has 0 bridgehead atoms. The van der Waals surface area contributed by atoms with E-state index in [0.29, 0.717) is 0 Å². The summed E-state index contributed by atoms with van der Waals surface area (Å²) in [5.41, 5.74) is 0.900. The number of rotatable bonds is 8. The first kappa shape index (κ1) is 19.3. The summed E-state index contributed by atoms with van der Waals surface area (Å²) in [6, 6.07) is 8.14. The molecule has 0 unspecified atom stereocenters. The fraction of sp³-hybridized carbons (Fsp3) is 0.700. The average Bonchev–Trinajstić information content (AvgIpc) is 3.02. The van der Waals surface area contributed by atoms with E-state index in [4.69, 9.17) is 9.39 Å². The standard InChI is InChI=1S/C20H33BNO2/c1-19(2,3)20(4,5)24-21-17-10-8-11-18(16-17)23-15-9-14-22-12-6-7-13-22/h8,10-11,16H,6-7,9,12-15H2,1-5H3. The van der Waals surface area contributed by atoms with E-state index in [9.17, 15) is 0 Å². The van der Waals surface area contributed by atoms with Crippen molar-refractivity contribution >= 4 is 12.9 Å². The zero-order chi connectivity index (χ0) is 17.6. The first-order valence-corrected chi connectivity index (χ1v) is 9.24. The maximum atomic E-state index is 6.04. The maximum absolute atomic E-state index is 6.04. The van der Waals surface area contributed by atoms with E-state index in [-0.39, 0.29) is 11.0 Å². The van der Waals surface area contributed by atoms with Gasteiger partial charge in [0, 0.05) is 6.54 Å². The highest BCUT2D eigenvalue weighted by Crippen LogP contribution is 2.32. The first-order valence-electron chi connectivity index (χ1n) is 9.24. The van der Waals surface area contributed by atoms with Crippen LogP contribution in [-0.4, -0.2) is 44.2 Å². The van der Waals surface area contributed by atoms with Gasteiger partial charge in [-0.3, -0.25) is 0 Å². The summed E-state index contributed by atoms with van der Waals surface area (Å²) < 4.78 is 11.9. The highest BCUT2D eigenvalue weighted by Gasteiger charge is 2.33. The van der Waals surface area contributed by atoms with Crippen molar-refractivity contribution < 1.29 is 9.39 Å². The summed E-state index contributed by atoms with van der Waals surface area (Å²) in [6.45, 7) is 15.3. The largest absolute Gasteiger partial charge is 0.494 e. The lowest BCUT2D eigenvalue weighted by atomic mass is 9.76. The summed E-state index contributed by atoms with van der Waals surface area (Å²) in [6.07, 6.45) is 3.79. The molecule has 1 heterocycles. The first-order chi connectivity index (χ1) is 11.3. The number of benzene rings is 1. The van der Waals surface area contributed by atoms with Gasteiger partial charge in [0.25, 0.3) is 0 Å². The Labute approximate surface area is 149 Å². The number of likely N-dealkylation sites (tertiary alicyclic amines) is 1. The quantitative estimate of drug-likeness (QED) is 0.537. The van der Waals surface area contributed by atoms with Gasteiger partial charge >= 0.3 is 7.48 Å². The van der Waals surface area contributed by atoms with Gasteiger partial charge in [0.05, 0.1) is 12.2 Å². The molecule has 1 radical (unpaired) electrons. The Morgan fingerprint density at radius 2 is 1.79 bits per heavy atom. The van der Waals surface area contributed by atoms with E-state index in [1.807, 2.05) is 19.6 Å². The van der Waals surface area contributed by atoms with E-state index in [1.165, 1.54) is 25.9 Å². The van der Waals surface area contributed by atoms with Crippen LogP contribution in [-0.2, 0) is 4.65 Å². The molecular formula is C20H33BNO2. The highest BCUT2D eigenvalue weighted by atomic mass is 16.5. The van der Waals surface area contributed by atoms with Gasteiger partial charge in [0.15, 0.2) is 0 Å². The zero-order valence-corrected chi connectivity index (χ0v) is 16.1. The predicted molar refractivity (Wildman–Crippen MR) is 102 cm³/mol. The number of nitrogens with zero attached hydrogens (tertiary/aromatic N) is 1. The van der Waals surface area contributed by atoms with Crippen LogP contribution in [0.15, 0.2) is 24.3 Å². The topological polar surface area (TPSA) is 21.7 Å². The molecule has 0 aliphatic carbocycles. The fourth-order valence-corrected chi connectivity index (χ4v) is 2.55. The van der Waals surface area contributed by atoms with Gasteiger partial charge in [-0.2, -0.15) is 0 Å². The molecule has 24 heavy (non-hydrogen) atoms. The van der Waals surface area contributed by atoms with Crippen LogP contribution in [0.4, 0.5) is 0 Å². The van der Waals surface area contributed by atoms with E-state index >= 15 is 0 Å². The molecular weight excluding hydrogens is 297 g/mol. The molecule has 1 saturated heterocycles. The zero-order valence-electron chi connectivity index (χ0n) is 16.1. The Morgan fingerprint density at radius 1 is 1.08 bits per heavy atom. The van der Waals surface area contributed by atoms with Crippen LogP contribution in [0.2, 0.25) is 0 Å². The Hall–Kier alpha value is -0.995. The summed E-state index contributed by atoms with van der Waals surface area (Å²) in [5.74, 6) is 0.919. The second-order valence-corrected chi connectivity index (χ2v) is 8.32. The van der Waals surface area contributed by atoms with Gasteiger partial charge in [-0.25, -0.2) is 0 Å².